The number of oxime groups is 1. The third-order valence-electron chi connectivity index (χ3n) is 5.52. The van der Waals surface area contributed by atoms with Crippen molar-refractivity contribution in [3.05, 3.63) is 108 Å². The van der Waals surface area contributed by atoms with Crippen LogP contribution in [0.5, 0.6) is 5.75 Å². The van der Waals surface area contributed by atoms with Gasteiger partial charge in [-0.2, -0.15) is 0 Å². The summed E-state index contributed by atoms with van der Waals surface area (Å²) >= 11 is 0. The number of aryl methyl sites for hydroxylation is 1. The van der Waals surface area contributed by atoms with Crippen LogP contribution in [-0.2, 0) is 27.6 Å². The van der Waals surface area contributed by atoms with Crippen LogP contribution in [-0.4, -0.2) is 23.8 Å². The molecule has 0 aliphatic rings. The summed E-state index contributed by atoms with van der Waals surface area (Å²) in [4.78, 5) is 21.7. The predicted octanol–water partition coefficient (Wildman–Crippen LogP) is 6.10. The van der Waals surface area contributed by atoms with Crippen molar-refractivity contribution in [2.24, 2.45) is 5.16 Å². The standard InChI is InChI=1S/C29H28N2O5/c1-21-27(30-29(36-21)24-11-7-4-8-12-24)20-34-25-15-13-22(14-16-25)19-35-31-26(17-18-28(32)33-2)23-9-5-3-6-10-23/h3-16H,17-20H2,1-2H3. The topological polar surface area (TPSA) is 83.2 Å². The van der Waals surface area contributed by atoms with Crippen molar-refractivity contribution < 1.29 is 23.5 Å². The number of carbonyl (C=O) groups excluding carboxylic acids is 1. The Labute approximate surface area is 210 Å². The molecule has 4 rings (SSSR count). The molecule has 0 aliphatic heterocycles. The first-order valence-electron chi connectivity index (χ1n) is 11.7. The number of hydrogen-bond donors (Lipinski definition) is 0. The van der Waals surface area contributed by atoms with Gasteiger partial charge in [0, 0.05) is 12.0 Å². The number of rotatable bonds is 11. The van der Waals surface area contributed by atoms with E-state index in [-0.39, 0.29) is 19.0 Å². The zero-order chi connectivity index (χ0) is 25.2. The lowest BCUT2D eigenvalue weighted by Gasteiger charge is -2.08. The minimum Gasteiger partial charge on any atom is -0.487 e. The van der Waals surface area contributed by atoms with E-state index in [0.717, 1.165) is 28.1 Å². The molecule has 0 saturated carbocycles. The van der Waals surface area contributed by atoms with E-state index in [1.54, 1.807) is 0 Å². The number of benzene rings is 3. The van der Waals surface area contributed by atoms with E-state index in [9.17, 15) is 4.79 Å². The molecule has 1 heterocycles. The number of nitrogens with zero attached hydrogens (tertiary/aromatic N) is 2. The summed E-state index contributed by atoms with van der Waals surface area (Å²) < 4.78 is 16.4. The normalized spacial score (nSPS) is 11.2. The minimum absolute atomic E-state index is 0.234. The fourth-order valence-corrected chi connectivity index (χ4v) is 3.48. The van der Waals surface area contributed by atoms with Gasteiger partial charge in [0.25, 0.3) is 0 Å². The largest absolute Gasteiger partial charge is 0.487 e. The Morgan fingerprint density at radius 2 is 1.58 bits per heavy atom. The fraction of sp³-hybridized carbons (Fsp3) is 0.207. The molecule has 3 aromatic carbocycles. The van der Waals surface area contributed by atoms with E-state index in [0.29, 0.717) is 30.4 Å². The maximum absolute atomic E-state index is 11.6. The molecule has 0 atom stereocenters. The lowest BCUT2D eigenvalue weighted by Crippen LogP contribution is -2.08. The van der Waals surface area contributed by atoms with E-state index in [4.69, 9.17) is 18.7 Å². The Morgan fingerprint density at radius 1 is 0.889 bits per heavy atom. The molecule has 184 valence electrons. The molecular weight excluding hydrogens is 456 g/mol. The molecule has 36 heavy (non-hydrogen) atoms. The quantitative estimate of drug-likeness (QED) is 0.145. The zero-order valence-electron chi connectivity index (χ0n) is 20.3. The Hall–Kier alpha value is -4.39. The summed E-state index contributed by atoms with van der Waals surface area (Å²) in [5.41, 5.74) is 4.23. The van der Waals surface area contributed by atoms with Gasteiger partial charge in [0.05, 0.1) is 19.2 Å². The molecule has 0 amide bonds. The molecule has 7 nitrogen and oxygen atoms in total. The van der Waals surface area contributed by atoms with Gasteiger partial charge in [0.1, 0.15) is 30.4 Å². The molecule has 1 aromatic heterocycles. The first-order valence-corrected chi connectivity index (χ1v) is 11.7. The highest BCUT2D eigenvalue weighted by Gasteiger charge is 2.12. The second-order valence-corrected chi connectivity index (χ2v) is 8.07. The van der Waals surface area contributed by atoms with Crippen LogP contribution in [0.3, 0.4) is 0 Å². The molecule has 0 saturated heterocycles. The monoisotopic (exact) mass is 484 g/mol. The maximum atomic E-state index is 11.6. The van der Waals surface area contributed by atoms with Crippen LogP contribution in [0.1, 0.15) is 35.4 Å². The number of oxazole rings is 1. The Morgan fingerprint density at radius 3 is 2.28 bits per heavy atom. The summed E-state index contributed by atoms with van der Waals surface area (Å²) in [5, 5.41) is 4.29. The average molecular weight is 485 g/mol. The molecule has 7 heteroatoms. The average Bonchev–Trinajstić information content (AvgIpc) is 3.31. The number of methoxy groups -OCH3 is 1. The van der Waals surface area contributed by atoms with Crippen molar-refractivity contribution >= 4 is 11.7 Å². The van der Waals surface area contributed by atoms with Crippen molar-refractivity contribution in [2.75, 3.05) is 7.11 Å². The van der Waals surface area contributed by atoms with Crippen LogP contribution < -0.4 is 4.74 Å². The Balaban J connectivity index is 1.32. The van der Waals surface area contributed by atoms with Gasteiger partial charge >= 0.3 is 5.97 Å². The van der Waals surface area contributed by atoms with Gasteiger partial charge in [0.15, 0.2) is 0 Å². The van der Waals surface area contributed by atoms with Crippen LogP contribution in [0.4, 0.5) is 0 Å². The van der Waals surface area contributed by atoms with Gasteiger partial charge in [-0.3, -0.25) is 4.79 Å². The van der Waals surface area contributed by atoms with Crippen molar-refractivity contribution in [1.82, 2.24) is 4.98 Å². The highest BCUT2D eigenvalue weighted by Crippen LogP contribution is 2.23. The van der Waals surface area contributed by atoms with Crippen molar-refractivity contribution in [3.8, 4) is 17.2 Å². The Bertz CT molecular complexity index is 1280. The third-order valence-corrected chi connectivity index (χ3v) is 5.52. The van der Waals surface area contributed by atoms with E-state index in [2.05, 4.69) is 10.1 Å². The van der Waals surface area contributed by atoms with Gasteiger partial charge in [0.2, 0.25) is 5.89 Å². The summed E-state index contributed by atoms with van der Waals surface area (Å²) in [6.45, 7) is 2.48. The summed E-state index contributed by atoms with van der Waals surface area (Å²) in [7, 11) is 1.38. The molecule has 0 unspecified atom stereocenters. The van der Waals surface area contributed by atoms with Crippen LogP contribution in [0, 0.1) is 6.92 Å². The lowest BCUT2D eigenvalue weighted by molar-refractivity contribution is -0.140. The van der Waals surface area contributed by atoms with Crippen LogP contribution in [0.15, 0.2) is 94.5 Å². The molecule has 4 aromatic rings. The first kappa shape index (κ1) is 24.7. The van der Waals surface area contributed by atoms with Gasteiger partial charge in [-0.05, 0) is 42.3 Å². The Kier molecular flexibility index (Phi) is 8.48. The van der Waals surface area contributed by atoms with Crippen molar-refractivity contribution in [2.45, 2.75) is 33.0 Å². The molecule has 0 bridgehead atoms. The molecule has 0 fully saturated rings. The molecule has 0 aliphatic carbocycles. The van der Waals surface area contributed by atoms with E-state index < -0.39 is 0 Å². The SMILES string of the molecule is COC(=O)CCC(=NOCc1ccc(OCc2nc(-c3ccccc3)oc2C)cc1)c1ccccc1. The smallest absolute Gasteiger partial charge is 0.305 e. The number of aromatic nitrogens is 1. The number of hydrogen-bond acceptors (Lipinski definition) is 7. The second kappa shape index (κ2) is 12.4. The van der Waals surface area contributed by atoms with E-state index >= 15 is 0 Å². The molecule has 0 N–H and O–H groups in total. The van der Waals surface area contributed by atoms with Crippen LogP contribution >= 0.6 is 0 Å². The molecular formula is C29H28N2O5. The summed E-state index contributed by atoms with van der Waals surface area (Å²) in [6.07, 6.45) is 0.661. The fourth-order valence-electron chi connectivity index (χ4n) is 3.48. The van der Waals surface area contributed by atoms with Gasteiger partial charge in [-0.15, -0.1) is 0 Å². The predicted molar refractivity (Wildman–Crippen MR) is 136 cm³/mol. The van der Waals surface area contributed by atoms with Gasteiger partial charge in [-0.1, -0.05) is 65.8 Å². The third kappa shape index (κ3) is 6.82. The van der Waals surface area contributed by atoms with E-state index in [1.165, 1.54) is 7.11 Å². The van der Waals surface area contributed by atoms with E-state index in [1.807, 2.05) is 91.9 Å². The number of ether oxygens (including phenoxy) is 2. The van der Waals surface area contributed by atoms with Crippen LogP contribution in [0.2, 0.25) is 0 Å². The zero-order valence-corrected chi connectivity index (χ0v) is 20.3. The summed E-state index contributed by atoms with van der Waals surface area (Å²) in [5.74, 6) is 1.75. The first-order chi connectivity index (χ1) is 17.6. The van der Waals surface area contributed by atoms with Gasteiger partial charge < -0.3 is 18.7 Å². The van der Waals surface area contributed by atoms with Gasteiger partial charge in [-0.25, -0.2) is 4.98 Å². The highest BCUT2D eigenvalue weighted by atomic mass is 16.6. The number of carbonyl (C=O) groups is 1. The minimum atomic E-state index is -0.286. The lowest BCUT2D eigenvalue weighted by atomic mass is 10.1. The van der Waals surface area contributed by atoms with Crippen molar-refractivity contribution in [3.63, 3.8) is 0 Å². The maximum Gasteiger partial charge on any atom is 0.305 e. The second-order valence-electron chi connectivity index (χ2n) is 8.07. The highest BCUT2D eigenvalue weighted by molar-refractivity contribution is 6.01. The van der Waals surface area contributed by atoms with Crippen molar-refractivity contribution in [1.29, 1.82) is 0 Å². The van der Waals surface area contributed by atoms with Crippen LogP contribution in [0.25, 0.3) is 11.5 Å². The summed E-state index contributed by atoms with van der Waals surface area (Å²) in [6, 6.07) is 27.0. The number of esters is 1. The molecule has 0 spiro atoms. The molecule has 0 radical (unpaired) electrons.